The highest BCUT2D eigenvalue weighted by atomic mass is 19.1. The van der Waals surface area contributed by atoms with Gasteiger partial charge in [0.1, 0.15) is 11.2 Å². The molecule has 4 nitrogen and oxygen atoms in total. The Kier molecular flexibility index (Phi) is 4.96. The van der Waals surface area contributed by atoms with Crippen molar-refractivity contribution in [3.8, 4) is 22.4 Å². The van der Waals surface area contributed by atoms with Crippen LogP contribution in [0.4, 0.5) is 4.39 Å². The maximum absolute atomic E-state index is 14.5. The first-order valence-electron chi connectivity index (χ1n) is 9.54. The molecule has 5 heteroatoms. The molecule has 0 N–H and O–H groups in total. The molecule has 150 valence electrons. The number of hydrogen-bond acceptors (Lipinski definition) is 3. The van der Waals surface area contributed by atoms with Crippen molar-refractivity contribution in [1.29, 1.82) is 0 Å². The molecule has 0 bridgehead atoms. The highest BCUT2D eigenvalue weighted by molar-refractivity contribution is 5.92. The molecule has 0 unspecified atom stereocenters. The zero-order chi connectivity index (χ0) is 21.4. The number of ether oxygens (including phenoxy) is 1. The molecule has 4 rings (SSSR count). The topological polar surface area (TPSA) is 43.6 Å². The van der Waals surface area contributed by atoms with Gasteiger partial charge in [-0.05, 0) is 42.7 Å². The van der Waals surface area contributed by atoms with E-state index in [1.54, 1.807) is 10.5 Å². The number of esters is 1. The van der Waals surface area contributed by atoms with Crippen molar-refractivity contribution >= 4 is 17.7 Å². The third-order valence-electron chi connectivity index (χ3n) is 5.20. The third kappa shape index (κ3) is 3.18. The minimum Gasteiger partial charge on any atom is -0.465 e. The SMILES string of the molecule is C=Cc1c(-c2ccccc2-c2ccc(C)cc2C)nc2cc(C(=O)OC)c(F)cn12. The lowest BCUT2D eigenvalue weighted by Crippen LogP contribution is -2.06. The largest absolute Gasteiger partial charge is 0.465 e. The fourth-order valence-corrected chi connectivity index (χ4v) is 3.78. The molecule has 0 aliphatic carbocycles. The Morgan fingerprint density at radius 1 is 1.10 bits per heavy atom. The standard InChI is InChI=1S/C25H21FN2O2/c1-5-22-24(27-23-13-20(25(29)30-4)21(26)14-28(22)23)19-9-7-6-8-18(19)17-11-10-15(2)12-16(17)3/h5-14H,1H2,2-4H3. The number of hydrogen-bond donors (Lipinski definition) is 0. The molecule has 0 spiro atoms. The van der Waals surface area contributed by atoms with E-state index in [4.69, 9.17) is 4.98 Å². The summed E-state index contributed by atoms with van der Waals surface area (Å²) in [5.74, 6) is -1.42. The van der Waals surface area contributed by atoms with Gasteiger partial charge >= 0.3 is 5.97 Å². The lowest BCUT2D eigenvalue weighted by molar-refractivity contribution is 0.0595. The minimum atomic E-state index is -0.740. The van der Waals surface area contributed by atoms with Gasteiger partial charge in [-0.25, -0.2) is 14.2 Å². The second-order valence-electron chi connectivity index (χ2n) is 7.17. The molecule has 0 amide bonds. The Morgan fingerprint density at radius 2 is 1.83 bits per heavy atom. The van der Waals surface area contributed by atoms with E-state index in [0.717, 1.165) is 22.3 Å². The second-order valence-corrected chi connectivity index (χ2v) is 7.17. The number of carbonyl (C=O) groups excluding carboxylic acids is 1. The van der Waals surface area contributed by atoms with Crippen molar-refractivity contribution in [2.45, 2.75) is 13.8 Å². The summed E-state index contributed by atoms with van der Waals surface area (Å²) in [5.41, 5.74) is 6.99. The number of rotatable bonds is 4. The number of benzene rings is 2. The third-order valence-corrected chi connectivity index (χ3v) is 5.20. The molecule has 2 aromatic carbocycles. The molecular formula is C25H21FN2O2. The van der Waals surface area contributed by atoms with Gasteiger partial charge in [0, 0.05) is 11.8 Å². The van der Waals surface area contributed by atoms with Gasteiger partial charge in [0.05, 0.1) is 18.5 Å². The van der Waals surface area contributed by atoms with Gasteiger partial charge in [0.25, 0.3) is 0 Å². The Bertz CT molecular complexity index is 1300. The van der Waals surface area contributed by atoms with Gasteiger partial charge in [-0.2, -0.15) is 0 Å². The molecular weight excluding hydrogens is 379 g/mol. The molecule has 30 heavy (non-hydrogen) atoms. The lowest BCUT2D eigenvalue weighted by atomic mass is 9.93. The summed E-state index contributed by atoms with van der Waals surface area (Å²) in [6.07, 6.45) is 2.89. The fourth-order valence-electron chi connectivity index (χ4n) is 3.78. The Morgan fingerprint density at radius 3 is 2.50 bits per heavy atom. The molecule has 4 aromatic rings. The monoisotopic (exact) mass is 400 g/mol. The average molecular weight is 400 g/mol. The van der Waals surface area contributed by atoms with E-state index < -0.39 is 11.8 Å². The fraction of sp³-hybridized carbons (Fsp3) is 0.120. The van der Waals surface area contributed by atoms with E-state index in [1.165, 1.54) is 24.9 Å². The molecule has 0 aliphatic heterocycles. The van der Waals surface area contributed by atoms with Crippen LogP contribution in [-0.2, 0) is 4.74 Å². The summed E-state index contributed by atoms with van der Waals surface area (Å²) in [4.78, 5) is 16.6. The number of halogens is 1. The van der Waals surface area contributed by atoms with Crippen molar-refractivity contribution < 1.29 is 13.9 Å². The van der Waals surface area contributed by atoms with Crippen LogP contribution < -0.4 is 0 Å². The van der Waals surface area contributed by atoms with Crippen molar-refractivity contribution in [2.24, 2.45) is 0 Å². The van der Waals surface area contributed by atoms with Crippen molar-refractivity contribution in [3.63, 3.8) is 0 Å². The summed E-state index contributed by atoms with van der Waals surface area (Å²) >= 11 is 0. The van der Waals surface area contributed by atoms with Crippen molar-refractivity contribution in [2.75, 3.05) is 7.11 Å². The van der Waals surface area contributed by atoms with Crippen LogP contribution in [0.15, 0.2) is 61.3 Å². The first-order valence-corrected chi connectivity index (χ1v) is 9.54. The average Bonchev–Trinajstić information content (AvgIpc) is 3.09. The number of nitrogens with zero attached hydrogens (tertiary/aromatic N) is 2. The van der Waals surface area contributed by atoms with Crippen LogP contribution in [0.25, 0.3) is 34.1 Å². The minimum absolute atomic E-state index is 0.153. The van der Waals surface area contributed by atoms with Crippen molar-refractivity contribution in [1.82, 2.24) is 9.38 Å². The Hall–Kier alpha value is -3.73. The smallest absolute Gasteiger partial charge is 0.341 e. The molecule has 0 saturated heterocycles. The zero-order valence-corrected chi connectivity index (χ0v) is 17.1. The maximum atomic E-state index is 14.5. The number of imidazole rings is 1. The van der Waals surface area contributed by atoms with Crippen LogP contribution in [-0.4, -0.2) is 22.5 Å². The Labute approximate surface area is 174 Å². The summed E-state index contributed by atoms with van der Waals surface area (Å²) in [6, 6.07) is 15.7. The highest BCUT2D eigenvalue weighted by Crippen LogP contribution is 2.36. The molecule has 0 radical (unpaired) electrons. The van der Waals surface area contributed by atoms with Crippen LogP contribution in [0.2, 0.25) is 0 Å². The lowest BCUT2D eigenvalue weighted by Gasteiger charge is -2.12. The van der Waals surface area contributed by atoms with E-state index in [-0.39, 0.29) is 5.56 Å². The predicted octanol–water partition coefficient (Wildman–Crippen LogP) is 5.85. The van der Waals surface area contributed by atoms with E-state index in [0.29, 0.717) is 17.0 Å². The normalized spacial score (nSPS) is 10.9. The quantitative estimate of drug-likeness (QED) is 0.403. The second kappa shape index (κ2) is 7.59. The molecule has 0 atom stereocenters. The van der Waals surface area contributed by atoms with Crippen LogP contribution in [0.3, 0.4) is 0 Å². The van der Waals surface area contributed by atoms with Crippen LogP contribution in [0.1, 0.15) is 27.2 Å². The van der Waals surface area contributed by atoms with Gasteiger partial charge in [0.15, 0.2) is 5.82 Å². The van der Waals surface area contributed by atoms with Crippen LogP contribution in [0.5, 0.6) is 0 Å². The number of methoxy groups -OCH3 is 1. The van der Waals surface area contributed by atoms with Crippen LogP contribution in [0, 0.1) is 19.7 Å². The predicted molar refractivity (Wildman–Crippen MR) is 117 cm³/mol. The summed E-state index contributed by atoms with van der Waals surface area (Å²) in [6.45, 7) is 8.04. The van der Waals surface area contributed by atoms with Gasteiger partial charge in [-0.3, -0.25) is 4.40 Å². The molecule has 2 heterocycles. The first-order chi connectivity index (χ1) is 14.4. The zero-order valence-electron chi connectivity index (χ0n) is 17.1. The maximum Gasteiger partial charge on any atom is 0.341 e. The molecule has 0 fully saturated rings. The highest BCUT2D eigenvalue weighted by Gasteiger charge is 2.20. The number of carbonyl (C=O) groups is 1. The van der Waals surface area contributed by atoms with Gasteiger partial charge in [0.2, 0.25) is 0 Å². The summed E-state index contributed by atoms with van der Waals surface area (Å²) in [7, 11) is 1.22. The number of pyridine rings is 1. The van der Waals surface area contributed by atoms with E-state index in [2.05, 4.69) is 43.4 Å². The van der Waals surface area contributed by atoms with E-state index in [1.807, 2.05) is 24.3 Å². The number of fused-ring (bicyclic) bond motifs is 1. The number of aryl methyl sites for hydroxylation is 2. The molecule has 0 aliphatic rings. The molecule has 0 saturated carbocycles. The van der Waals surface area contributed by atoms with E-state index >= 15 is 0 Å². The van der Waals surface area contributed by atoms with Gasteiger partial charge in [-0.15, -0.1) is 0 Å². The Balaban J connectivity index is 1.99. The van der Waals surface area contributed by atoms with Crippen LogP contribution >= 0.6 is 0 Å². The van der Waals surface area contributed by atoms with E-state index in [9.17, 15) is 9.18 Å². The van der Waals surface area contributed by atoms with Gasteiger partial charge in [-0.1, -0.05) is 54.6 Å². The first kappa shape index (κ1) is 19.6. The molecule has 2 aromatic heterocycles. The number of aromatic nitrogens is 2. The van der Waals surface area contributed by atoms with Gasteiger partial charge < -0.3 is 4.74 Å². The summed E-state index contributed by atoms with van der Waals surface area (Å²) in [5, 5.41) is 0. The van der Waals surface area contributed by atoms with Crippen molar-refractivity contribution in [3.05, 3.63) is 89.5 Å². The summed E-state index contributed by atoms with van der Waals surface area (Å²) < 4.78 is 20.8.